The Labute approximate surface area is 117 Å². The predicted octanol–water partition coefficient (Wildman–Crippen LogP) is 3.32. The molecule has 106 valence electrons. The van der Waals surface area contributed by atoms with Crippen molar-refractivity contribution >= 4 is 5.78 Å². The molecule has 0 saturated heterocycles. The Kier molecular flexibility index (Phi) is 2.62. The van der Waals surface area contributed by atoms with Gasteiger partial charge in [0.25, 0.3) is 0 Å². The topological polar surface area (TPSA) is 29.1 Å². The third kappa shape index (κ3) is 1.75. The number of carbonyl (C=O) groups excluding carboxylic acids is 1. The summed E-state index contributed by atoms with van der Waals surface area (Å²) in [5, 5.41) is 3.71. The van der Waals surface area contributed by atoms with E-state index in [1.165, 1.54) is 17.6 Å². The van der Waals surface area contributed by atoms with Crippen LogP contribution in [0.1, 0.15) is 54.4 Å². The molecule has 0 spiro atoms. The number of nitrogens with one attached hydrogen (secondary N) is 1. The lowest BCUT2D eigenvalue weighted by Gasteiger charge is -2.58. The Hall–Kier alpha value is -0.630. The molecule has 19 heavy (non-hydrogen) atoms. The van der Waals surface area contributed by atoms with E-state index < -0.39 is 0 Å². The first-order valence-electron chi connectivity index (χ1n) is 7.68. The summed E-state index contributed by atoms with van der Waals surface area (Å²) in [6.07, 6.45) is 2.33. The second kappa shape index (κ2) is 3.72. The lowest BCUT2D eigenvalue weighted by molar-refractivity contribution is -0.118. The highest BCUT2D eigenvalue weighted by Gasteiger charge is 2.59. The third-order valence-corrected chi connectivity index (χ3v) is 5.78. The van der Waals surface area contributed by atoms with Crippen molar-refractivity contribution in [1.29, 1.82) is 0 Å². The monoisotopic (exact) mass is 261 g/mol. The van der Waals surface area contributed by atoms with Gasteiger partial charge in [0.2, 0.25) is 0 Å². The Morgan fingerprint density at radius 3 is 2.42 bits per heavy atom. The Balaban J connectivity index is 1.98. The van der Waals surface area contributed by atoms with Gasteiger partial charge in [-0.3, -0.25) is 4.79 Å². The normalized spacial score (nSPS) is 40.2. The maximum absolute atomic E-state index is 12.5. The van der Waals surface area contributed by atoms with Crippen LogP contribution in [0.5, 0.6) is 0 Å². The van der Waals surface area contributed by atoms with E-state index in [-0.39, 0.29) is 17.5 Å². The number of hydrogen-bond acceptors (Lipinski definition) is 2. The molecular formula is C17H27NO. The van der Waals surface area contributed by atoms with Gasteiger partial charge in [-0.25, -0.2) is 0 Å². The van der Waals surface area contributed by atoms with E-state index >= 15 is 0 Å². The minimum atomic E-state index is 0.0619. The van der Waals surface area contributed by atoms with Gasteiger partial charge in [0.15, 0.2) is 5.78 Å². The van der Waals surface area contributed by atoms with Gasteiger partial charge in [-0.1, -0.05) is 20.8 Å². The van der Waals surface area contributed by atoms with E-state index in [4.69, 9.17) is 0 Å². The van der Waals surface area contributed by atoms with Gasteiger partial charge in [-0.15, -0.1) is 0 Å². The zero-order chi connectivity index (χ0) is 14.2. The van der Waals surface area contributed by atoms with Crippen LogP contribution >= 0.6 is 0 Å². The minimum absolute atomic E-state index is 0.0619. The van der Waals surface area contributed by atoms with Gasteiger partial charge >= 0.3 is 0 Å². The summed E-state index contributed by atoms with van der Waals surface area (Å²) in [4.78, 5) is 12.5. The summed E-state index contributed by atoms with van der Waals surface area (Å²) < 4.78 is 0. The molecule has 4 atom stereocenters. The van der Waals surface area contributed by atoms with E-state index in [1.54, 1.807) is 0 Å². The van der Waals surface area contributed by atoms with Crippen LogP contribution in [0.2, 0.25) is 0 Å². The molecule has 0 aromatic rings. The summed E-state index contributed by atoms with van der Waals surface area (Å²) in [6, 6.07) is 0.271. The van der Waals surface area contributed by atoms with E-state index in [0.29, 0.717) is 17.1 Å². The lowest BCUT2D eigenvalue weighted by Crippen LogP contribution is -2.54. The molecule has 0 aromatic carbocycles. The molecule has 4 aliphatic carbocycles. The zero-order valence-electron chi connectivity index (χ0n) is 13.1. The summed E-state index contributed by atoms with van der Waals surface area (Å²) >= 11 is 0. The highest BCUT2D eigenvalue weighted by atomic mass is 16.1. The standard InChI is InChI=1S/C17H27NO/c1-9-14(18-16(2,3)4)13-11(15(9)19)7-10-8-12(13)17(10,5)6/h9-10,12,14,18H,7-8H2,1-6H3/t9-,10+,12+,14+/m1/s1. The number of hydrogen-bond donors (Lipinski definition) is 1. The maximum Gasteiger partial charge on any atom is 0.163 e. The fourth-order valence-electron chi connectivity index (χ4n) is 4.48. The molecule has 0 aromatic heterocycles. The second-order valence-corrected chi connectivity index (χ2v) is 8.47. The van der Waals surface area contributed by atoms with Crippen molar-refractivity contribution in [2.45, 2.75) is 66.0 Å². The van der Waals surface area contributed by atoms with Crippen LogP contribution in [0, 0.1) is 23.2 Å². The van der Waals surface area contributed by atoms with Gasteiger partial charge in [-0.2, -0.15) is 0 Å². The average molecular weight is 261 g/mol. The first-order valence-corrected chi connectivity index (χ1v) is 7.68. The smallest absolute Gasteiger partial charge is 0.163 e. The highest BCUT2D eigenvalue weighted by molar-refractivity contribution is 6.02. The molecule has 2 nitrogen and oxygen atoms in total. The van der Waals surface area contributed by atoms with Crippen molar-refractivity contribution in [2.75, 3.05) is 0 Å². The molecule has 1 saturated carbocycles. The Bertz CT molecular complexity index is 466. The Morgan fingerprint density at radius 2 is 1.89 bits per heavy atom. The van der Waals surface area contributed by atoms with E-state index in [0.717, 1.165) is 12.3 Å². The zero-order valence-corrected chi connectivity index (χ0v) is 13.1. The summed E-state index contributed by atoms with van der Waals surface area (Å²) in [6.45, 7) is 13.5. The van der Waals surface area contributed by atoms with Gasteiger partial charge in [-0.05, 0) is 62.0 Å². The minimum Gasteiger partial charge on any atom is -0.305 e. The maximum atomic E-state index is 12.5. The quantitative estimate of drug-likeness (QED) is 0.784. The van der Waals surface area contributed by atoms with E-state index in [1.807, 2.05) is 0 Å². The molecule has 0 amide bonds. The molecule has 1 fully saturated rings. The largest absolute Gasteiger partial charge is 0.305 e. The van der Waals surface area contributed by atoms with E-state index in [9.17, 15) is 4.79 Å². The highest BCUT2D eigenvalue weighted by Crippen LogP contribution is 2.63. The summed E-state index contributed by atoms with van der Waals surface area (Å²) in [7, 11) is 0. The average Bonchev–Trinajstić information content (AvgIpc) is 2.53. The number of ketones is 1. The van der Waals surface area contributed by atoms with Crippen molar-refractivity contribution in [2.24, 2.45) is 23.2 Å². The van der Waals surface area contributed by atoms with Crippen molar-refractivity contribution in [3.05, 3.63) is 11.1 Å². The number of rotatable bonds is 1. The predicted molar refractivity (Wildman–Crippen MR) is 77.9 cm³/mol. The summed E-state index contributed by atoms with van der Waals surface area (Å²) in [5.74, 6) is 1.91. The van der Waals surface area contributed by atoms with Crippen LogP contribution in [-0.2, 0) is 4.79 Å². The molecular weight excluding hydrogens is 234 g/mol. The fourth-order valence-corrected chi connectivity index (χ4v) is 4.48. The van der Waals surface area contributed by atoms with Gasteiger partial charge in [0, 0.05) is 17.5 Å². The van der Waals surface area contributed by atoms with Crippen molar-refractivity contribution in [3.8, 4) is 0 Å². The molecule has 2 bridgehead atoms. The van der Waals surface area contributed by atoms with Crippen molar-refractivity contribution in [1.82, 2.24) is 5.32 Å². The number of allylic oxidation sites excluding steroid dienone is 1. The van der Waals surface area contributed by atoms with Crippen molar-refractivity contribution < 1.29 is 4.79 Å². The fraction of sp³-hybridized carbons (Fsp3) is 0.824. The summed E-state index contributed by atoms with van der Waals surface area (Å²) in [5.41, 5.74) is 3.13. The molecule has 0 radical (unpaired) electrons. The first kappa shape index (κ1) is 13.4. The van der Waals surface area contributed by atoms with Crippen LogP contribution < -0.4 is 5.32 Å². The second-order valence-electron chi connectivity index (χ2n) is 8.47. The van der Waals surface area contributed by atoms with Crippen LogP contribution in [-0.4, -0.2) is 17.4 Å². The van der Waals surface area contributed by atoms with Crippen LogP contribution in [0.25, 0.3) is 0 Å². The third-order valence-electron chi connectivity index (χ3n) is 5.78. The van der Waals surface area contributed by atoms with Crippen LogP contribution in [0.3, 0.4) is 0 Å². The molecule has 4 aliphatic rings. The number of carbonyl (C=O) groups is 1. The molecule has 0 heterocycles. The van der Waals surface area contributed by atoms with Crippen LogP contribution in [0.15, 0.2) is 11.1 Å². The molecule has 4 rings (SSSR count). The van der Waals surface area contributed by atoms with Crippen molar-refractivity contribution in [3.63, 3.8) is 0 Å². The Morgan fingerprint density at radius 1 is 1.26 bits per heavy atom. The van der Waals surface area contributed by atoms with Gasteiger partial charge in [0.05, 0.1) is 0 Å². The number of Topliss-reactive ketones (excluding diaryl/α,β-unsaturated/α-hetero) is 1. The van der Waals surface area contributed by atoms with Gasteiger partial charge in [0.1, 0.15) is 0 Å². The lowest BCUT2D eigenvalue weighted by atomic mass is 9.47. The first-order chi connectivity index (χ1) is 8.63. The van der Waals surface area contributed by atoms with Crippen LogP contribution in [0.4, 0.5) is 0 Å². The molecule has 2 heteroatoms. The SMILES string of the molecule is C[C@H]1C(=O)C2=C([C@H]1NC(C)(C)C)[C@@H]1C[C@H](C2)C1(C)C. The molecule has 0 aliphatic heterocycles. The van der Waals surface area contributed by atoms with E-state index in [2.05, 4.69) is 46.9 Å². The molecule has 0 unspecified atom stereocenters. The van der Waals surface area contributed by atoms with Gasteiger partial charge < -0.3 is 5.32 Å². The molecule has 1 N–H and O–H groups in total.